The summed E-state index contributed by atoms with van der Waals surface area (Å²) in [5, 5.41) is 12.7. The van der Waals surface area contributed by atoms with Crippen molar-refractivity contribution >= 4 is 23.3 Å². The second-order valence-corrected chi connectivity index (χ2v) is 8.87. The van der Waals surface area contributed by atoms with Gasteiger partial charge in [-0.25, -0.2) is 0 Å². The van der Waals surface area contributed by atoms with Gasteiger partial charge in [0.05, 0.1) is 39.6 Å². The molecule has 1 heterocycles. The Morgan fingerprint density at radius 2 is 1.84 bits per heavy atom. The molecule has 0 unspecified atom stereocenters. The van der Waals surface area contributed by atoms with Crippen molar-refractivity contribution in [1.29, 1.82) is 0 Å². The van der Waals surface area contributed by atoms with Crippen molar-refractivity contribution < 1.29 is 23.8 Å². The van der Waals surface area contributed by atoms with Gasteiger partial charge >= 0.3 is 0 Å². The van der Waals surface area contributed by atoms with E-state index in [0.29, 0.717) is 47.0 Å². The summed E-state index contributed by atoms with van der Waals surface area (Å²) in [7, 11) is 6.38. The Hall–Kier alpha value is -4.54. The fraction of sp³-hybridized carbons (Fsp3) is 0.333. The van der Waals surface area contributed by atoms with E-state index >= 15 is 0 Å². The number of nitrogens with zero attached hydrogens (tertiary/aromatic N) is 2. The van der Waals surface area contributed by atoms with E-state index in [4.69, 9.17) is 14.2 Å². The minimum absolute atomic E-state index is 0.138. The van der Waals surface area contributed by atoms with Gasteiger partial charge in [-0.15, -0.1) is 0 Å². The van der Waals surface area contributed by atoms with Gasteiger partial charge in [-0.2, -0.15) is 5.10 Å². The first-order valence-electron chi connectivity index (χ1n) is 12.1. The maximum absolute atomic E-state index is 13.3. The second-order valence-electron chi connectivity index (χ2n) is 8.87. The summed E-state index contributed by atoms with van der Waals surface area (Å²) >= 11 is 0. The summed E-state index contributed by atoms with van der Waals surface area (Å²) in [6.45, 7) is 1.30. The summed E-state index contributed by atoms with van der Waals surface area (Å²) < 4.78 is 18.5. The number of hydrogen-bond acceptors (Lipinski definition) is 8. The standard InChI is InChI=1S/C27H31N5O6/c1-15(33)29-19-8-6-16-12-22(36-3)26(37-4)27(38-5)25(16)17-7-9-20(21(34)13-18(17)19)28-14-24(35)30-23-10-11-32(2)31-23/h7,9-13,19H,6,8,14H2,1-5H3,(H,28,34)(H,29,33)(H,30,31,35)/t19-/m1/s1. The number of hydrogen-bond donors (Lipinski definition) is 3. The van der Waals surface area contributed by atoms with Gasteiger partial charge in [-0.05, 0) is 47.7 Å². The van der Waals surface area contributed by atoms with Crippen molar-refractivity contribution in [2.75, 3.05) is 38.5 Å². The topological polar surface area (TPSA) is 133 Å². The molecule has 2 amide bonds. The number of ether oxygens (including phenoxy) is 3. The molecular formula is C27H31N5O6. The lowest BCUT2D eigenvalue weighted by molar-refractivity contribution is -0.119. The molecule has 11 nitrogen and oxygen atoms in total. The molecule has 0 fully saturated rings. The van der Waals surface area contributed by atoms with Gasteiger partial charge in [0.25, 0.3) is 0 Å². The molecule has 3 aromatic rings. The average molecular weight is 522 g/mol. The lowest BCUT2D eigenvalue weighted by atomic mass is 9.95. The summed E-state index contributed by atoms with van der Waals surface area (Å²) in [5.74, 6) is 1.27. The first-order chi connectivity index (χ1) is 18.2. The molecule has 0 spiro atoms. The maximum atomic E-state index is 13.3. The normalized spacial score (nSPS) is 13.9. The smallest absolute Gasteiger partial charge is 0.244 e. The van der Waals surface area contributed by atoms with Crippen LogP contribution in [0.25, 0.3) is 11.1 Å². The summed E-state index contributed by atoms with van der Waals surface area (Å²) in [6, 6.07) is 8.07. The van der Waals surface area contributed by atoms with Crippen molar-refractivity contribution in [3.8, 4) is 28.4 Å². The molecule has 1 aliphatic rings. The zero-order valence-corrected chi connectivity index (χ0v) is 22.0. The molecule has 11 heteroatoms. The zero-order chi connectivity index (χ0) is 27.4. The fourth-order valence-corrected chi connectivity index (χ4v) is 4.70. The Bertz CT molecular complexity index is 1430. The molecule has 200 valence electrons. The molecule has 0 saturated heterocycles. The van der Waals surface area contributed by atoms with Crippen LogP contribution in [0.4, 0.5) is 11.5 Å². The van der Waals surface area contributed by atoms with E-state index in [1.54, 1.807) is 50.3 Å². The molecule has 0 radical (unpaired) electrons. The van der Waals surface area contributed by atoms with Crippen LogP contribution in [0.3, 0.4) is 0 Å². The molecule has 3 N–H and O–H groups in total. The van der Waals surface area contributed by atoms with Crippen LogP contribution in [-0.4, -0.2) is 49.5 Å². The predicted molar refractivity (Wildman–Crippen MR) is 143 cm³/mol. The Kier molecular flexibility index (Phi) is 7.85. The fourth-order valence-electron chi connectivity index (χ4n) is 4.70. The van der Waals surface area contributed by atoms with Crippen molar-refractivity contribution in [1.82, 2.24) is 15.1 Å². The number of amides is 2. The molecule has 0 saturated carbocycles. The number of aromatic nitrogens is 2. The van der Waals surface area contributed by atoms with Gasteiger partial charge in [-0.3, -0.25) is 19.1 Å². The van der Waals surface area contributed by atoms with Crippen LogP contribution in [0, 0.1) is 0 Å². The van der Waals surface area contributed by atoms with E-state index in [2.05, 4.69) is 21.0 Å². The minimum Gasteiger partial charge on any atom is -0.493 e. The molecule has 1 atom stereocenters. The van der Waals surface area contributed by atoms with Crippen molar-refractivity contribution in [2.24, 2.45) is 7.05 Å². The molecule has 38 heavy (non-hydrogen) atoms. The highest BCUT2D eigenvalue weighted by Gasteiger charge is 2.29. The number of fused-ring (bicyclic) bond motifs is 3. The molecule has 1 aromatic heterocycles. The van der Waals surface area contributed by atoms with Crippen LogP contribution < -0.4 is 35.6 Å². The highest BCUT2D eigenvalue weighted by Crippen LogP contribution is 2.50. The number of rotatable bonds is 8. The lowest BCUT2D eigenvalue weighted by Crippen LogP contribution is -2.27. The first kappa shape index (κ1) is 26.5. The third-order valence-corrected chi connectivity index (χ3v) is 6.34. The van der Waals surface area contributed by atoms with E-state index in [1.807, 2.05) is 6.07 Å². The second kappa shape index (κ2) is 11.2. The highest BCUT2D eigenvalue weighted by atomic mass is 16.5. The van der Waals surface area contributed by atoms with Crippen LogP contribution in [0.5, 0.6) is 17.2 Å². The Morgan fingerprint density at radius 1 is 1.08 bits per heavy atom. The van der Waals surface area contributed by atoms with Gasteiger partial charge in [0.15, 0.2) is 17.3 Å². The van der Waals surface area contributed by atoms with Crippen molar-refractivity contribution in [2.45, 2.75) is 25.8 Å². The van der Waals surface area contributed by atoms with E-state index in [0.717, 1.165) is 11.1 Å². The minimum atomic E-state index is -0.419. The van der Waals surface area contributed by atoms with Gasteiger partial charge in [0, 0.05) is 31.8 Å². The summed E-state index contributed by atoms with van der Waals surface area (Å²) in [6.07, 6.45) is 2.87. The van der Waals surface area contributed by atoms with Crippen LogP contribution in [0.15, 0.2) is 41.3 Å². The predicted octanol–water partition coefficient (Wildman–Crippen LogP) is 2.65. The third-order valence-electron chi connectivity index (χ3n) is 6.34. The SMILES string of the molecule is COc1cc2c(c(OC)c1OC)-c1ccc(NCC(=O)Nc3ccn(C)n3)c(=O)cc1[C@H](NC(C)=O)CC2. The van der Waals surface area contributed by atoms with E-state index in [-0.39, 0.29) is 29.5 Å². The number of nitrogens with one attached hydrogen (secondary N) is 3. The van der Waals surface area contributed by atoms with E-state index < -0.39 is 6.04 Å². The number of methoxy groups -OCH3 is 3. The third kappa shape index (κ3) is 5.41. The van der Waals surface area contributed by atoms with Crippen LogP contribution >= 0.6 is 0 Å². The highest BCUT2D eigenvalue weighted by molar-refractivity contribution is 5.93. The average Bonchev–Trinajstić information content (AvgIpc) is 3.15. The Morgan fingerprint density at radius 3 is 2.47 bits per heavy atom. The summed E-state index contributed by atoms with van der Waals surface area (Å²) in [4.78, 5) is 37.8. The number of carbonyl (C=O) groups excluding carboxylic acids is 2. The number of anilines is 2. The molecular weight excluding hydrogens is 490 g/mol. The number of carbonyl (C=O) groups is 2. The molecule has 0 aliphatic heterocycles. The Labute approximate surface area is 220 Å². The van der Waals surface area contributed by atoms with Gasteiger partial charge in [0.2, 0.25) is 23.0 Å². The maximum Gasteiger partial charge on any atom is 0.244 e. The molecule has 4 rings (SSSR count). The number of benzene rings is 1. The largest absolute Gasteiger partial charge is 0.493 e. The zero-order valence-electron chi connectivity index (χ0n) is 22.0. The van der Waals surface area contributed by atoms with Gasteiger partial charge < -0.3 is 30.2 Å². The Balaban J connectivity index is 1.79. The first-order valence-corrected chi connectivity index (χ1v) is 12.1. The van der Waals surface area contributed by atoms with Gasteiger partial charge in [-0.1, -0.05) is 6.07 Å². The van der Waals surface area contributed by atoms with Crippen molar-refractivity contribution in [3.05, 3.63) is 57.9 Å². The van der Waals surface area contributed by atoms with Gasteiger partial charge in [0.1, 0.15) is 0 Å². The van der Waals surface area contributed by atoms with Crippen LogP contribution in [-0.2, 0) is 23.1 Å². The van der Waals surface area contributed by atoms with E-state index in [1.165, 1.54) is 20.1 Å². The summed E-state index contributed by atoms with van der Waals surface area (Å²) in [5.41, 5.74) is 2.93. The quantitative estimate of drug-likeness (QED) is 0.412. The number of aryl methyl sites for hydroxylation is 2. The molecule has 0 bridgehead atoms. The van der Waals surface area contributed by atoms with Crippen LogP contribution in [0.2, 0.25) is 0 Å². The monoisotopic (exact) mass is 521 g/mol. The van der Waals surface area contributed by atoms with Crippen molar-refractivity contribution in [3.63, 3.8) is 0 Å². The van der Waals surface area contributed by atoms with Crippen LogP contribution in [0.1, 0.15) is 30.5 Å². The molecule has 2 aromatic carbocycles. The molecule has 1 aliphatic carbocycles. The lowest BCUT2D eigenvalue weighted by Gasteiger charge is -2.19. The van der Waals surface area contributed by atoms with E-state index in [9.17, 15) is 14.4 Å².